The number of halogens is 3. The Morgan fingerprint density at radius 3 is 2.39 bits per heavy atom. The van der Waals surface area contributed by atoms with E-state index in [0.29, 0.717) is 37.2 Å². The summed E-state index contributed by atoms with van der Waals surface area (Å²) in [5.74, 6) is -0.457. The van der Waals surface area contributed by atoms with Crippen molar-refractivity contribution in [2.45, 2.75) is 30.0 Å². The third-order valence-electron chi connectivity index (χ3n) is 7.12. The third kappa shape index (κ3) is 6.38. The monoisotopic (exact) mass is 591 g/mol. The van der Waals surface area contributed by atoms with Gasteiger partial charge in [-0.3, -0.25) is 9.59 Å². The molecule has 2 aliphatic heterocycles. The molecule has 41 heavy (non-hydrogen) atoms. The second-order valence-corrected chi connectivity index (χ2v) is 11.5. The number of hydrogen-bond donors (Lipinski definition) is 1. The Kier molecular flexibility index (Phi) is 8.04. The number of anilines is 1. The quantitative estimate of drug-likeness (QED) is 0.428. The Hall–Kier alpha value is -3.91. The molecule has 0 aliphatic carbocycles. The number of aromatic nitrogens is 1. The predicted octanol–water partition coefficient (Wildman–Crippen LogP) is 3.30. The number of sulfonamides is 1. The zero-order chi connectivity index (χ0) is 29.2. The third-order valence-corrected chi connectivity index (χ3v) is 8.60. The SMILES string of the molecule is O=C1CCCN1CC(NS(=O)(=O)c1cc(C(F)(F)F)cnc1N1CCN(C(=O)c2ccco2)CC1)c1ccccc1. The summed E-state index contributed by atoms with van der Waals surface area (Å²) in [6.45, 7) is 1.12. The fourth-order valence-electron chi connectivity index (χ4n) is 4.97. The molecule has 0 saturated carbocycles. The summed E-state index contributed by atoms with van der Waals surface area (Å²) < 4.78 is 76.4. The van der Waals surface area contributed by atoms with Crippen LogP contribution in [0.25, 0.3) is 0 Å². The Morgan fingerprint density at radius 2 is 1.78 bits per heavy atom. The highest BCUT2D eigenvalue weighted by molar-refractivity contribution is 7.89. The molecule has 4 heterocycles. The number of hydrogen-bond acceptors (Lipinski definition) is 7. The summed E-state index contributed by atoms with van der Waals surface area (Å²) in [6, 6.07) is 11.3. The van der Waals surface area contributed by atoms with E-state index in [1.807, 2.05) is 0 Å². The van der Waals surface area contributed by atoms with E-state index >= 15 is 0 Å². The molecule has 1 aromatic carbocycles. The van der Waals surface area contributed by atoms with Gasteiger partial charge in [-0.2, -0.15) is 13.2 Å². The molecule has 2 saturated heterocycles. The van der Waals surface area contributed by atoms with Gasteiger partial charge in [0.15, 0.2) is 5.76 Å². The number of carbonyl (C=O) groups excluding carboxylic acids is 2. The highest BCUT2D eigenvalue weighted by Gasteiger charge is 2.37. The number of likely N-dealkylation sites (tertiary alicyclic amines) is 1. The van der Waals surface area contributed by atoms with Crippen molar-refractivity contribution in [1.82, 2.24) is 19.5 Å². The summed E-state index contributed by atoms with van der Waals surface area (Å²) in [5.41, 5.74) is -0.651. The van der Waals surface area contributed by atoms with Crippen LogP contribution in [-0.4, -0.2) is 74.3 Å². The molecule has 2 fully saturated rings. The van der Waals surface area contributed by atoms with Crippen LogP contribution in [0.2, 0.25) is 0 Å². The van der Waals surface area contributed by atoms with Crippen molar-refractivity contribution in [2.24, 2.45) is 0 Å². The van der Waals surface area contributed by atoms with Crippen LogP contribution in [0.15, 0.2) is 70.3 Å². The summed E-state index contributed by atoms with van der Waals surface area (Å²) >= 11 is 0. The largest absolute Gasteiger partial charge is 0.459 e. The number of rotatable bonds is 8. The maximum Gasteiger partial charge on any atom is 0.417 e. The van der Waals surface area contributed by atoms with Crippen molar-refractivity contribution >= 4 is 27.7 Å². The number of nitrogens with zero attached hydrogens (tertiary/aromatic N) is 4. The molecular weight excluding hydrogens is 563 g/mol. The number of pyridine rings is 1. The van der Waals surface area contributed by atoms with Crippen LogP contribution in [0.5, 0.6) is 0 Å². The van der Waals surface area contributed by atoms with Crippen LogP contribution in [0.1, 0.15) is 40.6 Å². The Bertz CT molecular complexity index is 1490. The van der Waals surface area contributed by atoms with E-state index in [0.717, 1.165) is 0 Å². The van der Waals surface area contributed by atoms with Gasteiger partial charge in [0, 0.05) is 51.9 Å². The number of nitrogens with one attached hydrogen (secondary N) is 1. The minimum Gasteiger partial charge on any atom is -0.459 e. The van der Waals surface area contributed by atoms with Crippen LogP contribution in [0, 0.1) is 0 Å². The van der Waals surface area contributed by atoms with Crippen molar-refractivity contribution in [3.63, 3.8) is 0 Å². The summed E-state index contributed by atoms with van der Waals surface area (Å²) in [4.78, 5) is 32.9. The number of benzene rings is 1. The molecule has 3 aromatic rings. The van der Waals surface area contributed by atoms with Gasteiger partial charge < -0.3 is 19.1 Å². The molecule has 0 bridgehead atoms. The van der Waals surface area contributed by atoms with Gasteiger partial charge in [0.25, 0.3) is 5.91 Å². The van der Waals surface area contributed by atoms with Crippen molar-refractivity contribution in [3.05, 3.63) is 77.9 Å². The zero-order valence-corrected chi connectivity index (χ0v) is 22.7. The molecule has 0 radical (unpaired) electrons. The van der Waals surface area contributed by atoms with E-state index in [1.54, 1.807) is 46.2 Å². The summed E-state index contributed by atoms with van der Waals surface area (Å²) in [6.07, 6.45) is -1.85. The van der Waals surface area contributed by atoms with Crippen LogP contribution in [0.3, 0.4) is 0 Å². The molecular formula is C27H28F3N5O5S. The standard InChI is InChI=1S/C27H28F3N5O5S/c28-27(29,30)20-16-23(25(31-17-20)33-11-13-34(14-12-33)26(37)22-8-5-15-40-22)41(38,39)32-21(19-6-2-1-3-7-19)18-35-10-4-9-24(35)36/h1-3,5-8,15-17,21,32H,4,9-14,18H2. The second kappa shape index (κ2) is 11.5. The van der Waals surface area contributed by atoms with Gasteiger partial charge in [0.1, 0.15) is 10.7 Å². The lowest BCUT2D eigenvalue weighted by Gasteiger charge is -2.36. The molecule has 2 amide bonds. The van der Waals surface area contributed by atoms with Crippen LogP contribution in [-0.2, 0) is 21.0 Å². The maximum absolute atomic E-state index is 13.8. The van der Waals surface area contributed by atoms with E-state index in [2.05, 4.69) is 9.71 Å². The van der Waals surface area contributed by atoms with Crippen molar-refractivity contribution in [2.75, 3.05) is 44.2 Å². The average molecular weight is 592 g/mol. The lowest BCUT2D eigenvalue weighted by Crippen LogP contribution is -2.49. The van der Waals surface area contributed by atoms with Gasteiger partial charge in [-0.1, -0.05) is 30.3 Å². The highest BCUT2D eigenvalue weighted by Crippen LogP contribution is 2.34. The summed E-state index contributed by atoms with van der Waals surface area (Å²) in [7, 11) is -4.58. The number of alkyl halides is 3. The molecule has 2 aliphatic rings. The van der Waals surface area contributed by atoms with Gasteiger partial charge in [-0.25, -0.2) is 18.1 Å². The first-order valence-corrected chi connectivity index (χ1v) is 14.5. The van der Waals surface area contributed by atoms with E-state index in [-0.39, 0.29) is 56.1 Å². The van der Waals surface area contributed by atoms with E-state index in [1.165, 1.54) is 17.2 Å². The van der Waals surface area contributed by atoms with E-state index in [9.17, 15) is 31.2 Å². The smallest absolute Gasteiger partial charge is 0.417 e. The van der Waals surface area contributed by atoms with E-state index < -0.39 is 32.7 Å². The van der Waals surface area contributed by atoms with E-state index in [4.69, 9.17) is 4.42 Å². The van der Waals surface area contributed by atoms with Crippen LogP contribution < -0.4 is 9.62 Å². The van der Waals surface area contributed by atoms with Crippen LogP contribution in [0.4, 0.5) is 19.0 Å². The molecule has 5 rings (SSSR count). The Morgan fingerprint density at radius 1 is 1.05 bits per heavy atom. The predicted molar refractivity (Wildman–Crippen MR) is 141 cm³/mol. The first-order valence-electron chi connectivity index (χ1n) is 13.0. The molecule has 14 heteroatoms. The van der Waals surface area contributed by atoms with Gasteiger partial charge in [0.2, 0.25) is 15.9 Å². The minimum atomic E-state index is -4.83. The minimum absolute atomic E-state index is 0.0252. The molecule has 1 atom stereocenters. The number of carbonyl (C=O) groups is 2. The van der Waals surface area contributed by atoms with Crippen LogP contribution >= 0.6 is 0 Å². The maximum atomic E-state index is 13.8. The van der Waals surface area contributed by atoms with Crippen molar-refractivity contribution < 1.29 is 35.6 Å². The Labute approximate surface area is 234 Å². The van der Waals surface area contributed by atoms with Gasteiger partial charge in [0.05, 0.1) is 17.9 Å². The molecule has 1 unspecified atom stereocenters. The fraction of sp³-hybridized carbons (Fsp3) is 0.370. The first-order chi connectivity index (χ1) is 19.5. The lowest BCUT2D eigenvalue weighted by atomic mass is 10.1. The fourth-order valence-corrected chi connectivity index (χ4v) is 6.39. The van der Waals surface area contributed by atoms with Crippen molar-refractivity contribution in [1.29, 1.82) is 0 Å². The summed E-state index contributed by atoms with van der Waals surface area (Å²) in [5, 5.41) is 0. The molecule has 0 spiro atoms. The molecule has 218 valence electrons. The normalized spacial score (nSPS) is 17.2. The Balaban J connectivity index is 1.44. The highest BCUT2D eigenvalue weighted by atomic mass is 32.2. The zero-order valence-electron chi connectivity index (χ0n) is 21.9. The topological polar surface area (TPSA) is 116 Å². The molecule has 1 N–H and O–H groups in total. The van der Waals surface area contributed by atoms with Gasteiger partial charge >= 0.3 is 6.18 Å². The molecule has 10 nitrogen and oxygen atoms in total. The number of piperazine rings is 1. The van der Waals surface area contributed by atoms with Gasteiger partial charge in [-0.15, -0.1) is 0 Å². The average Bonchev–Trinajstić information content (AvgIpc) is 3.64. The number of amides is 2. The number of furan rings is 1. The lowest BCUT2D eigenvalue weighted by molar-refractivity contribution is -0.138. The second-order valence-electron chi connectivity index (χ2n) is 9.83. The molecule has 2 aromatic heterocycles. The van der Waals surface area contributed by atoms with Crippen molar-refractivity contribution in [3.8, 4) is 0 Å². The first kappa shape index (κ1) is 28.6. The van der Waals surface area contributed by atoms with Gasteiger partial charge in [-0.05, 0) is 30.2 Å².